The van der Waals surface area contributed by atoms with Gasteiger partial charge in [-0.15, -0.1) is 0 Å². The van der Waals surface area contributed by atoms with Crippen LogP contribution < -0.4 is 9.47 Å². The number of carbonyl (C=O) groups excluding carboxylic acids is 1. The molecule has 6 heteroatoms. The molecule has 21 heavy (non-hydrogen) atoms. The number of nitrogens with zero attached hydrogens (tertiary/aromatic N) is 2. The van der Waals surface area contributed by atoms with Crippen molar-refractivity contribution in [1.82, 2.24) is 9.80 Å². The monoisotopic (exact) mass is 312 g/mol. The summed E-state index contributed by atoms with van der Waals surface area (Å²) < 4.78 is 11.1. The van der Waals surface area contributed by atoms with Crippen LogP contribution >= 0.6 is 11.6 Å². The Hall–Kier alpha value is -1.46. The molecule has 0 aliphatic carbocycles. The van der Waals surface area contributed by atoms with Gasteiger partial charge in [-0.3, -0.25) is 9.69 Å². The first-order valence-corrected chi connectivity index (χ1v) is 7.39. The van der Waals surface area contributed by atoms with Crippen molar-refractivity contribution in [3.63, 3.8) is 0 Å². The van der Waals surface area contributed by atoms with Gasteiger partial charge in [-0.1, -0.05) is 18.5 Å². The van der Waals surface area contributed by atoms with Crippen molar-refractivity contribution in [2.75, 3.05) is 40.4 Å². The first-order chi connectivity index (χ1) is 10.0. The highest BCUT2D eigenvalue weighted by Gasteiger charge is 2.18. The van der Waals surface area contributed by atoms with Gasteiger partial charge in [0, 0.05) is 20.6 Å². The molecule has 0 aromatic heterocycles. The number of carbonyl (C=O) groups is 1. The largest absolute Gasteiger partial charge is 0.486 e. The van der Waals surface area contributed by atoms with Crippen LogP contribution in [0.25, 0.3) is 0 Å². The van der Waals surface area contributed by atoms with E-state index in [0.29, 0.717) is 42.8 Å². The van der Waals surface area contributed by atoms with E-state index in [1.165, 1.54) is 0 Å². The maximum atomic E-state index is 11.8. The van der Waals surface area contributed by atoms with Crippen molar-refractivity contribution in [2.45, 2.75) is 13.5 Å². The van der Waals surface area contributed by atoms with Crippen molar-refractivity contribution >= 4 is 17.5 Å². The lowest BCUT2D eigenvalue weighted by atomic mass is 10.1. The van der Waals surface area contributed by atoms with Crippen molar-refractivity contribution < 1.29 is 14.3 Å². The summed E-state index contributed by atoms with van der Waals surface area (Å²) in [5.74, 6) is 1.37. The van der Waals surface area contributed by atoms with Crippen LogP contribution in [0, 0.1) is 0 Å². The van der Waals surface area contributed by atoms with E-state index in [-0.39, 0.29) is 5.91 Å². The predicted octanol–water partition coefficient (Wildman–Crippen LogP) is 2.02. The van der Waals surface area contributed by atoms with Gasteiger partial charge in [0.2, 0.25) is 5.91 Å². The van der Waals surface area contributed by atoms with Crippen LogP contribution in [0.1, 0.15) is 12.5 Å². The van der Waals surface area contributed by atoms with E-state index >= 15 is 0 Å². The minimum Gasteiger partial charge on any atom is -0.486 e. The highest BCUT2D eigenvalue weighted by molar-refractivity contribution is 6.32. The Morgan fingerprint density at radius 3 is 2.67 bits per heavy atom. The predicted molar refractivity (Wildman–Crippen MR) is 82.1 cm³/mol. The molecule has 0 spiro atoms. The third-order valence-electron chi connectivity index (χ3n) is 3.37. The summed E-state index contributed by atoms with van der Waals surface area (Å²) in [7, 11) is 3.52. The zero-order chi connectivity index (χ0) is 15.4. The highest BCUT2D eigenvalue weighted by atomic mass is 35.5. The van der Waals surface area contributed by atoms with Crippen LogP contribution in [0.15, 0.2) is 12.1 Å². The maximum Gasteiger partial charge on any atom is 0.236 e. The molecule has 1 aromatic carbocycles. The Labute approximate surface area is 130 Å². The van der Waals surface area contributed by atoms with E-state index in [1.54, 1.807) is 19.0 Å². The number of likely N-dealkylation sites (N-methyl/N-ethyl adjacent to an activating group) is 2. The average Bonchev–Trinajstić information content (AvgIpc) is 2.46. The van der Waals surface area contributed by atoms with Crippen molar-refractivity contribution in [3.8, 4) is 11.5 Å². The summed E-state index contributed by atoms with van der Waals surface area (Å²) in [4.78, 5) is 15.5. The molecule has 1 heterocycles. The number of hydrogen-bond donors (Lipinski definition) is 0. The summed E-state index contributed by atoms with van der Waals surface area (Å²) in [6.07, 6.45) is 0. The lowest BCUT2D eigenvalue weighted by Gasteiger charge is -2.24. The normalized spacial score (nSPS) is 13.4. The summed E-state index contributed by atoms with van der Waals surface area (Å²) in [6.45, 7) is 4.89. The number of hydrogen-bond acceptors (Lipinski definition) is 4. The van der Waals surface area contributed by atoms with E-state index < -0.39 is 0 Å². The highest BCUT2D eigenvalue weighted by Crippen LogP contribution is 2.38. The van der Waals surface area contributed by atoms with Gasteiger partial charge in [0.25, 0.3) is 0 Å². The van der Waals surface area contributed by atoms with Crippen LogP contribution in [-0.2, 0) is 11.3 Å². The molecule has 1 aliphatic rings. The molecule has 0 atom stereocenters. The molecule has 5 nitrogen and oxygen atoms in total. The van der Waals surface area contributed by atoms with Crippen LogP contribution in [0.4, 0.5) is 0 Å². The fourth-order valence-corrected chi connectivity index (χ4v) is 2.41. The average molecular weight is 313 g/mol. The number of rotatable bonds is 5. The SMILES string of the molecule is CCN(CC(=O)N(C)C)Cc1cc(Cl)c2c(c1)OCCO2. The minimum absolute atomic E-state index is 0.0838. The molecule has 1 aromatic rings. The molecule has 0 saturated carbocycles. The van der Waals surface area contributed by atoms with Crippen molar-refractivity contribution in [2.24, 2.45) is 0 Å². The second-order valence-corrected chi connectivity index (χ2v) is 5.60. The van der Waals surface area contributed by atoms with Crippen LogP contribution in [0.3, 0.4) is 0 Å². The molecule has 1 amide bonds. The molecule has 0 fully saturated rings. The molecule has 2 rings (SSSR count). The first-order valence-electron chi connectivity index (χ1n) is 7.01. The molecule has 0 saturated heterocycles. The molecule has 0 N–H and O–H groups in total. The topological polar surface area (TPSA) is 42.0 Å². The van der Waals surface area contributed by atoms with Gasteiger partial charge in [-0.25, -0.2) is 0 Å². The molecule has 0 radical (unpaired) electrons. The quantitative estimate of drug-likeness (QED) is 0.834. The fraction of sp³-hybridized carbons (Fsp3) is 0.533. The number of amides is 1. The zero-order valence-corrected chi connectivity index (χ0v) is 13.4. The van der Waals surface area contributed by atoms with Crippen LogP contribution in [0.5, 0.6) is 11.5 Å². The van der Waals surface area contributed by atoms with E-state index in [0.717, 1.165) is 12.1 Å². The van der Waals surface area contributed by atoms with E-state index in [4.69, 9.17) is 21.1 Å². The molecule has 116 valence electrons. The van der Waals surface area contributed by atoms with Gasteiger partial charge in [-0.2, -0.15) is 0 Å². The van der Waals surface area contributed by atoms with Gasteiger partial charge in [0.15, 0.2) is 11.5 Å². The molecule has 0 bridgehead atoms. The second-order valence-electron chi connectivity index (χ2n) is 5.19. The summed E-state index contributed by atoms with van der Waals surface area (Å²) in [6, 6.07) is 3.81. The van der Waals surface area contributed by atoms with E-state index in [9.17, 15) is 4.79 Å². The first kappa shape index (κ1) is 15.9. The van der Waals surface area contributed by atoms with Gasteiger partial charge in [0.05, 0.1) is 11.6 Å². The summed E-state index contributed by atoms with van der Waals surface area (Å²) >= 11 is 6.23. The van der Waals surface area contributed by atoms with Gasteiger partial charge in [0.1, 0.15) is 13.2 Å². The Bertz CT molecular complexity index is 520. The number of benzene rings is 1. The third kappa shape index (κ3) is 4.02. The lowest BCUT2D eigenvalue weighted by Crippen LogP contribution is -2.36. The van der Waals surface area contributed by atoms with Crippen molar-refractivity contribution in [3.05, 3.63) is 22.7 Å². The zero-order valence-electron chi connectivity index (χ0n) is 12.7. The van der Waals surface area contributed by atoms with E-state index in [2.05, 4.69) is 4.90 Å². The van der Waals surface area contributed by atoms with Crippen LogP contribution in [0.2, 0.25) is 5.02 Å². The Balaban J connectivity index is 2.11. The minimum atomic E-state index is 0.0838. The lowest BCUT2D eigenvalue weighted by molar-refractivity contribution is -0.130. The Morgan fingerprint density at radius 1 is 1.29 bits per heavy atom. The summed E-state index contributed by atoms with van der Waals surface area (Å²) in [5, 5.41) is 0.553. The van der Waals surface area contributed by atoms with Crippen molar-refractivity contribution in [1.29, 1.82) is 0 Å². The fourth-order valence-electron chi connectivity index (χ4n) is 2.13. The third-order valence-corrected chi connectivity index (χ3v) is 3.65. The number of fused-ring (bicyclic) bond motifs is 1. The molecular weight excluding hydrogens is 292 g/mol. The second kappa shape index (κ2) is 7.00. The van der Waals surface area contributed by atoms with E-state index in [1.807, 2.05) is 19.1 Å². The Morgan fingerprint density at radius 2 is 2.00 bits per heavy atom. The van der Waals surface area contributed by atoms with Crippen LogP contribution in [-0.4, -0.2) is 56.1 Å². The maximum absolute atomic E-state index is 11.8. The number of ether oxygens (including phenoxy) is 2. The smallest absolute Gasteiger partial charge is 0.236 e. The number of halogens is 1. The van der Waals surface area contributed by atoms with Gasteiger partial charge < -0.3 is 14.4 Å². The van der Waals surface area contributed by atoms with Gasteiger partial charge >= 0.3 is 0 Å². The standard InChI is InChI=1S/C15H21ClN2O3/c1-4-18(10-14(19)17(2)3)9-11-7-12(16)15-13(8-11)20-5-6-21-15/h7-8H,4-6,9-10H2,1-3H3. The molecule has 1 aliphatic heterocycles. The summed E-state index contributed by atoms with van der Waals surface area (Å²) in [5.41, 5.74) is 1.01. The molecular formula is C15H21ClN2O3. The Kier molecular flexibility index (Phi) is 5.31. The molecule has 0 unspecified atom stereocenters. The van der Waals surface area contributed by atoms with Gasteiger partial charge in [-0.05, 0) is 24.2 Å².